The molecular weight excluding hydrogens is 190 g/mol. The van der Waals surface area contributed by atoms with Crippen LogP contribution in [0.4, 0.5) is 0 Å². The lowest BCUT2D eigenvalue weighted by molar-refractivity contribution is 0.0329. The van der Waals surface area contributed by atoms with Gasteiger partial charge in [-0.05, 0) is 24.9 Å². The largest absolute Gasteiger partial charge is 0.459 e. The summed E-state index contributed by atoms with van der Waals surface area (Å²) in [5.41, 5.74) is 0.0327. The van der Waals surface area contributed by atoms with Gasteiger partial charge in [0, 0.05) is 5.38 Å². The van der Waals surface area contributed by atoms with Gasteiger partial charge in [0.05, 0.1) is 6.10 Å². The molecule has 71 valence electrons. The molecule has 13 heavy (non-hydrogen) atoms. The number of ether oxygens (including phenoxy) is 1. The zero-order valence-electron chi connectivity index (χ0n) is 7.44. The third kappa shape index (κ3) is 2.42. The maximum atomic E-state index is 11.2. The van der Waals surface area contributed by atoms with Crippen molar-refractivity contribution in [1.82, 2.24) is 4.37 Å². The maximum absolute atomic E-state index is 11.2. The molecule has 0 fully saturated rings. The van der Waals surface area contributed by atoms with Gasteiger partial charge in [-0.25, -0.2) is 4.79 Å². The Morgan fingerprint density at radius 1 is 1.77 bits per heavy atom. The van der Waals surface area contributed by atoms with Crippen molar-refractivity contribution in [1.29, 1.82) is 0 Å². The van der Waals surface area contributed by atoms with E-state index in [0.29, 0.717) is 0 Å². The van der Waals surface area contributed by atoms with Crippen molar-refractivity contribution in [3.63, 3.8) is 0 Å². The van der Waals surface area contributed by atoms with Gasteiger partial charge >= 0.3 is 5.97 Å². The molecule has 1 aromatic rings. The molecule has 1 rings (SSSR count). The quantitative estimate of drug-likeness (QED) is 0.703. The fourth-order valence-electron chi connectivity index (χ4n) is 0.691. The van der Waals surface area contributed by atoms with E-state index in [1.54, 1.807) is 6.92 Å². The molecule has 0 amide bonds. The van der Waals surface area contributed by atoms with Gasteiger partial charge in [-0.1, -0.05) is 6.92 Å². The van der Waals surface area contributed by atoms with Gasteiger partial charge < -0.3 is 4.74 Å². The van der Waals surface area contributed by atoms with E-state index in [0.717, 1.165) is 18.0 Å². The van der Waals surface area contributed by atoms with E-state index in [2.05, 4.69) is 4.37 Å². The Labute approximate surface area is 80.3 Å². The van der Waals surface area contributed by atoms with Crippen molar-refractivity contribution in [2.24, 2.45) is 0 Å². The van der Waals surface area contributed by atoms with E-state index in [1.807, 2.05) is 6.92 Å². The molecule has 1 atom stereocenters. The van der Waals surface area contributed by atoms with Gasteiger partial charge in [0.25, 0.3) is 5.88 Å². The standard InChI is InChI=1S/C8H10NO3S/c1-3-5(2)12-8(11)6-4-13-9-7(6)10/h4-5H,3H2,1-2H3. The van der Waals surface area contributed by atoms with Crippen LogP contribution in [0, 0.1) is 0 Å². The summed E-state index contributed by atoms with van der Waals surface area (Å²) in [6, 6.07) is 0. The lowest BCUT2D eigenvalue weighted by atomic mass is 10.3. The molecule has 0 saturated carbocycles. The Bertz CT molecular complexity index is 297. The number of aromatic nitrogens is 1. The minimum atomic E-state index is -0.576. The number of hydrogen-bond donors (Lipinski definition) is 0. The zero-order valence-corrected chi connectivity index (χ0v) is 8.26. The number of rotatable bonds is 3. The molecule has 0 aliphatic heterocycles. The van der Waals surface area contributed by atoms with E-state index >= 15 is 0 Å². The monoisotopic (exact) mass is 200 g/mol. The highest BCUT2D eigenvalue weighted by molar-refractivity contribution is 7.04. The lowest BCUT2D eigenvalue weighted by Gasteiger charge is -2.08. The molecule has 0 aromatic carbocycles. The smallest absolute Gasteiger partial charge is 0.345 e. The van der Waals surface area contributed by atoms with E-state index in [-0.39, 0.29) is 11.7 Å². The first-order valence-electron chi connectivity index (χ1n) is 3.97. The van der Waals surface area contributed by atoms with Crippen LogP contribution in [0.15, 0.2) is 5.38 Å². The highest BCUT2D eigenvalue weighted by Crippen LogP contribution is 2.19. The minimum absolute atomic E-state index is 0.0327. The van der Waals surface area contributed by atoms with E-state index in [9.17, 15) is 9.90 Å². The maximum Gasteiger partial charge on any atom is 0.345 e. The molecule has 0 bridgehead atoms. The second kappa shape index (κ2) is 4.23. The molecule has 0 aliphatic rings. The third-order valence-electron chi connectivity index (χ3n) is 1.64. The van der Waals surface area contributed by atoms with Crippen LogP contribution in [0.25, 0.3) is 0 Å². The fraction of sp³-hybridized carbons (Fsp3) is 0.500. The van der Waals surface area contributed by atoms with Gasteiger partial charge in [-0.2, -0.15) is 4.37 Å². The topological polar surface area (TPSA) is 59.1 Å². The first kappa shape index (κ1) is 9.98. The van der Waals surface area contributed by atoms with Crippen LogP contribution in [-0.4, -0.2) is 16.4 Å². The summed E-state index contributed by atoms with van der Waals surface area (Å²) in [6.45, 7) is 3.68. The molecule has 0 aliphatic carbocycles. The molecular formula is C8H10NO3S. The lowest BCUT2D eigenvalue weighted by Crippen LogP contribution is -2.13. The van der Waals surface area contributed by atoms with Crippen LogP contribution in [0.3, 0.4) is 0 Å². The Balaban J connectivity index is 2.64. The molecule has 1 aromatic heterocycles. The Hall–Kier alpha value is -1.10. The molecule has 0 spiro atoms. The first-order valence-corrected chi connectivity index (χ1v) is 4.81. The van der Waals surface area contributed by atoms with Crippen LogP contribution < -0.4 is 0 Å². The molecule has 0 saturated heterocycles. The third-order valence-corrected chi connectivity index (χ3v) is 2.25. The summed E-state index contributed by atoms with van der Waals surface area (Å²) in [6.07, 6.45) is 0.573. The van der Waals surface area contributed by atoms with Gasteiger partial charge in [0.15, 0.2) is 0 Å². The number of esters is 1. The summed E-state index contributed by atoms with van der Waals surface area (Å²) in [5, 5.41) is 12.3. The first-order chi connectivity index (χ1) is 6.15. The summed E-state index contributed by atoms with van der Waals surface area (Å²) in [4.78, 5) is 11.2. The molecule has 5 heteroatoms. The average Bonchev–Trinajstić information content (AvgIpc) is 2.51. The van der Waals surface area contributed by atoms with Gasteiger partial charge in [-0.3, -0.25) is 5.11 Å². The van der Waals surface area contributed by atoms with Gasteiger partial charge in [0.1, 0.15) is 5.56 Å². The number of nitrogens with zero attached hydrogens (tertiary/aromatic N) is 1. The van der Waals surface area contributed by atoms with Crippen molar-refractivity contribution in [2.75, 3.05) is 0 Å². The fourth-order valence-corrected chi connectivity index (χ4v) is 1.24. The van der Waals surface area contributed by atoms with Crippen LogP contribution in [0.5, 0.6) is 5.88 Å². The van der Waals surface area contributed by atoms with Crippen molar-refractivity contribution in [2.45, 2.75) is 26.4 Å². The number of carbonyl (C=O) groups is 1. The Morgan fingerprint density at radius 3 is 2.92 bits per heavy atom. The SMILES string of the molecule is CCC(C)OC(=O)c1csnc1[O]. The van der Waals surface area contributed by atoms with E-state index < -0.39 is 11.8 Å². The minimum Gasteiger partial charge on any atom is -0.459 e. The zero-order chi connectivity index (χ0) is 9.84. The average molecular weight is 200 g/mol. The number of hydrogen-bond acceptors (Lipinski definition) is 4. The number of carbonyl (C=O) groups excluding carboxylic acids is 1. The molecule has 4 nitrogen and oxygen atoms in total. The van der Waals surface area contributed by atoms with Crippen molar-refractivity contribution in [3.05, 3.63) is 10.9 Å². The van der Waals surface area contributed by atoms with Crippen molar-refractivity contribution >= 4 is 17.5 Å². The van der Waals surface area contributed by atoms with Gasteiger partial charge in [0.2, 0.25) is 0 Å². The predicted octanol–water partition coefficient (Wildman–Crippen LogP) is 2.24. The van der Waals surface area contributed by atoms with Crippen LogP contribution in [0.2, 0.25) is 0 Å². The highest BCUT2D eigenvalue weighted by atomic mass is 32.1. The summed E-state index contributed by atoms with van der Waals surface area (Å²) >= 11 is 0.966. The molecule has 1 heterocycles. The van der Waals surface area contributed by atoms with Crippen LogP contribution in [-0.2, 0) is 9.84 Å². The van der Waals surface area contributed by atoms with Crippen LogP contribution in [0.1, 0.15) is 30.6 Å². The summed E-state index contributed by atoms with van der Waals surface area (Å²) in [5.74, 6) is -1.08. The molecule has 1 radical (unpaired) electrons. The second-order valence-corrected chi connectivity index (χ2v) is 3.29. The predicted molar refractivity (Wildman–Crippen MR) is 47.4 cm³/mol. The van der Waals surface area contributed by atoms with Crippen molar-refractivity contribution in [3.8, 4) is 5.88 Å². The summed E-state index contributed by atoms with van der Waals surface area (Å²) in [7, 11) is 0. The van der Waals surface area contributed by atoms with E-state index in [1.165, 1.54) is 5.38 Å². The second-order valence-electron chi connectivity index (χ2n) is 2.66. The summed E-state index contributed by atoms with van der Waals surface area (Å²) < 4.78 is 8.41. The molecule has 1 unspecified atom stereocenters. The highest BCUT2D eigenvalue weighted by Gasteiger charge is 2.18. The van der Waals surface area contributed by atoms with Gasteiger partial charge in [-0.15, -0.1) is 0 Å². The van der Waals surface area contributed by atoms with Crippen molar-refractivity contribution < 1.29 is 14.6 Å². The normalized spacial score (nSPS) is 12.5. The van der Waals surface area contributed by atoms with E-state index in [4.69, 9.17) is 4.74 Å². The Morgan fingerprint density at radius 2 is 2.46 bits per heavy atom. The molecule has 0 N–H and O–H groups in total. The Kier molecular flexibility index (Phi) is 3.25. The van der Waals surface area contributed by atoms with Crippen LogP contribution >= 0.6 is 11.5 Å².